The number of carbonyl (C=O) groups is 2. The summed E-state index contributed by atoms with van der Waals surface area (Å²) >= 11 is 0. The van der Waals surface area contributed by atoms with Crippen LogP contribution in [0, 0.1) is 10.1 Å². The van der Waals surface area contributed by atoms with E-state index in [1.54, 1.807) is 0 Å². The third kappa shape index (κ3) is 4.71. The van der Waals surface area contributed by atoms with Crippen LogP contribution in [0.25, 0.3) is 0 Å². The minimum Gasteiger partial charge on any atom is -0.482 e. The van der Waals surface area contributed by atoms with Crippen LogP contribution in [0.4, 0.5) is 11.4 Å². The number of rotatable bonds is 5. The third-order valence-corrected chi connectivity index (χ3v) is 4.60. The Kier molecular flexibility index (Phi) is 5.54. The van der Waals surface area contributed by atoms with Crippen molar-refractivity contribution in [2.75, 3.05) is 18.1 Å². The molecule has 0 aliphatic carbocycles. The molecule has 2 aromatic rings. The highest BCUT2D eigenvalue weighted by Gasteiger charge is 2.29. The Bertz CT molecular complexity index is 947. The highest BCUT2D eigenvalue weighted by atomic mass is 16.6. The molecule has 0 unspecified atom stereocenters. The first kappa shape index (κ1) is 20.3. The summed E-state index contributed by atoms with van der Waals surface area (Å²) in [5.74, 6) is -0.775. The van der Waals surface area contributed by atoms with Crippen molar-refractivity contribution in [1.29, 1.82) is 0 Å². The average Bonchev–Trinajstić information content (AvgIpc) is 2.67. The van der Waals surface area contributed by atoms with Gasteiger partial charge in [0, 0.05) is 12.1 Å². The minimum absolute atomic E-state index is 0.0297. The van der Waals surface area contributed by atoms with E-state index >= 15 is 0 Å². The van der Waals surface area contributed by atoms with Crippen LogP contribution in [0.3, 0.4) is 0 Å². The van der Waals surface area contributed by atoms with Gasteiger partial charge in [-0.3, -0.25) is 24.6 Å². The maximum Gasteiger partial charge on any atom is 0.326 e. The van der Waals surface area contributed by atoms with Gasteiger partial charge >= 0.3 is 5.97 Å². The van der Waals surface area contributed by atoms with Crippen LogP contribution >= 0.6 is 0 Å². The van der Waals surface area contributed by atoms with Gasteiger partial charge in [-0.15, -0.1) is 0 Å². The summed E-state index contributed by atoms with van der Waals surface area (Å²) in [7, 11) is 0. The van der Waals surface area contributed by atoms with Gasteiger partial charge in [-0.25, -0.2) is 0 Å². The number of nitro groups is 1. The highest BCUT2D eigenvalue weighted by Crippen LogP contribution is 2.35. The van der Waals surface area contributed by atoms with E-state index in [2.05, 4.69) is 20.8 Å². The van der Waals surface area contributed by atoms with Crippen molar-refractivity contribution in [3.05, 3.63) is 63.7 Å². The number of nitrogens with zero attached hydrogens (tertiary/aromatic N) is 2. The lowest BCUT2D eigenvalue weighted by atomic mass is 9.87. The molecule has 0 radical (unpaired) electrons. The highest BCUT2D eigenvalue weighted by molar-refractivity contribution is 6.01. The molecule has 0 saturated carbocycles. The number of carbonyl (C=O) groups excluding carboxylic acids is 2. The van der Waals surface area contributed by atoms with Gasteiger partial charge in [0.15, 0.2) is 6.61 Å². The Morgan fingerprint density at radius 1 is 1.21 bits per heavy atom. The first-order chi connectivity index (χ1) is 13.6. The second-order valence-electron chi connectivity index (χ2n) is 7.79. The molecule has 0 N–H and O–H groups in total. The van der Waals surface area contributed by atoms with E-state index in [-0.39, 0.29) is 36.5 Å². The number of amides is 1. The first-order valence-electron chi connectivity index (χ1n) is 9.12. The predicted molar refractivity (Wildman–Crippen MR) is 106 cm³/mol. The number of ether oxygens (including phenoxy) is 2. The lowest BCUT2D eigenvalue weighted by Crippen LogP contribution is -2.42. The number of hydrogen-bond acceptors (Lipinski definition) is 6. The van der Waals surface area contributed by atoms with Crippen LogP contribution in [0.1, 0.15) is 31.9 Å². The second-order valence-corrected chi connectivity index (χ2v) is 7.79. The van der Waals surface area contributed by atoms with E-state index < -0.39 is 16.8 Å². The van der Waals surface area contributed by atoms with Crippen molar-refractivity contribution < 1.29 is 24.0 Å². The molecule has 1 heterocycles. The van der Waals surface area contributed by atoms with Gasteiger partial charge in [0.1, 0.15) is 18.9 Å². The van der Waals surface area contributed by atoms with Gasteiger partial charge in [0.2, 0.25) is 0 Å². The average molecular weight is 398 g/mol. The molecule has 1 aliphatic heterocycles. The molecule has 0 saturated heterocycles. The van der Waals surface area contributed by atoms with Crippen molar-refractivity contribution in [3.8, 4) is 5.75 Å². The Balaban J connectivity index is 1.67. The number of nitro benzene ring substituents is 1. The molecular formula is C21H22N2O6. The first-order valence-corrected chi connectivity index (χ1v) is 9.12. The monoisotopic (exact) mass is 398 g/mol. The number of esters is 1. The van der Waals surface area contributed by atoms with Crippen molar-refractivity contribution in [3.63, 3.8) is 0 Å². The SMILES string of the molecule is CC(C)(C)c1ccc(COC(=O)CN2C(=O)COc3ccc([N+](=O)[O-])cc32)cc1. The fraction of sp³-hybridized carbons (Fsp3) is 0.333. The van der Waals surface area contributed by atoms with Gasteiger partial charge in [0.25, 0.3) is 11.6 Å². The van der Waals surface area contributed by atoms with E-state index in [0.717, 1.165) is 10.5 Å². The Morgan fingerprint density at radius 3 is 2.52 bits per heavy atom. The maximum atomic E-state index is 12.3. The van der Waals surface area contributed by atoms with Crippen molar-refractivity contribution in [1.82, 2.24) is 0 Å². The van der Waals surface area contributed by atoms with Crippen molar-refractivity contribution >= 4 is 23.3 Å². The summed E-state index contributed by atoms with van der Waals surface area (Å²) in [6.07, 6.45) is 0. The molecule has 0 aromatic heterocycles. The van der Waals surface area contributed by atoms with Gasteiger partial charge in [-0.1, -0.05) is 45.0 Å². The second kappa shape index (κ2) is 7.90. The quantitative estimate of drug-likeness (QED) is 0.435. The van der Waals surface area contributed by atoms with Gasteiger partial charge in [-0.05, 0) is 22.6 Å². The molecule has 2 aromatic carbocycles. The maximum absolute atomic E-state index is 12.3. The van der Waals surface area contributed by atoms with E-state index in [1.807, 2.05) is 24.3 Å². The lowest BCUT2D eigenvalue weighted by Gasteiger charge is -2.28. The number of fused-ring (bicyclic) bond motifs is 1. The molecule has 1 aliphatic rings. The summed E-state index contributed by atoms with van der Waals surface area (Å²) in [5.41, 5.74) is 2.02. The minimum atomic E-state index is -0.613. The molecule has 152 valence electrons. The van der Waals surface area contributed by atoms with Crippen LogP contribution in [-0.4, -0.2) is 30.0 Å². The fourth-order valence-electron chi connectivity index (χ4n) is 2.92. The molecule has 29 heavy (non-hydrogen) atoms. The summed E-state index contributed by atoms with van der Waals surface area (Å²) in [5, 5.41) is 11.0. The van der Waals surface area contributed by atoms with E-state index in [9.17, 15) is 19.7 Å². The van der Waals surface area contributed by atoms with E-state index in [0.29, 0.717) is 5.75 Å². The molecule has 3 rings (SSSR count). The summed E-state index contributed by atoms with van der Waals surface area (Å²) in [6, 6.07) is 11.7. The standard InChI is InChI=1S/C21H22N2O6/c1-21(2,3)15-6-4-14(5-7-15)12-29-20(25)11-22-17-10-16(23(26)27)8-9-18(17)28-13-19(22)24/h4-10H,11-13H2,1-3H3. The van der Waals surface area contributed by atoms with Crippen LogP contribution in [0.15, 0.2) is 42.5 Å². The zero-order valence-corrected chi connectivity index (χ0v) is 16.5. The smallest absolute Gasteiger partial charge is 0.326 e. The largest absolute Gasteiger partial charge is 0.482 e. The number of benzene rings is 2. The zero-order valence-electron chi connectivity index (χ0n) is 16.5. The Hall–Kier alpha value is -3.42. The van der Waals surface area contributed by atoms with E-state index in [1.165, 1.54) is 23.8 Å². The summed E-state index contributed by atoms with van der Waals surface area (Å²) in [4.78, 5) is 36.1. The predicted octanol–water partition coefficient (Wildman–Crippen LogP) is 3.36. The zero-order chi connectivity index (χ0) is 21.2. The van der Waals surface area contributed by atoms with Gasteiger partial charge < -0.3 is 9.47 Å². The van der Waals surface area contributed by atoms with Crippen molar-refractivity contribution in [2.24, 2.45) is 0 Å². The molecule has 0 fully saturated rings. The lowest BCUT2D eigenvalue weighted by molar-refractivity contribution is -0.384. The summed E-state index contributed by atoms with van der Waals surface area (Å²) < 4.78 is 10.6. The Morgan fingerprint density at radius 2 is 1.90 bits per heavy atom. The third-order valence-electron chi connectivity index (χ3n) is 4.60. The molecule has 0 bridgehead atoms. The van der Waals surface area contributed by atoms with Crippen LogP contribution in [0.5, 0.6) is 5.75 Å². The molecule has 0 atom stereocenters. The molecule has 8 heteroatoms. The molecule has 1 amide bonds. The topological polar surface area (TPSA) is 99.0 Å². The van der Waals surface area contributed by atoms with Crippen molar-refractivity contribution in [2.45, 2.75) is 32.8 Å². The number of anilines is 1. The number of hydrogen-bond donors (Lipinski definition) is 0. The fourth-order valence-corrected chi connectivity index (χ4v) is 2.92. The van der Waals surface area contributed by atoms with Crippen LogP contribution < -0.4 is 9.64 Å². The van der Waals surface area contributed by atoms with Gasteiger partial charge in [0.05, 0.1) is 10.6 Å². The van der Waals surface area contributed by atoms with Crippen LogP contribution in [-0.2, 0) is 26.3 Å². The Labute approximate surface area is 168 Å². The molecule has 8 nitrogen and oxygen atoms in total. The molecule has 0 spiro atoms. The normalized spacial score (nSPS) is 13.5. The van der Waals surface area contributed by atoms with Gasteiger partial charge in [-0.2, -0.15) is 0 Å². The van der Waals surface area contributed by atoms with E-state index in [4.69, 9.17) is 9.47 Å². The van der Waals surface area contributed by atoms with Crippen LogP contribution in [0.2, 0.25) is 0 Å². The molecular weight excluding hydrogens is 376 g/mol. The summed E-state index contributed by atoms with van der Waals surface area (Å²) in [6.45, 7) is 5.82. The number of non-ortho nitro benzene ring substituents is 1.